The molecular formula is C17H17NO5S. The molecule has 2 heterocycles. The Morgan fingerprint density at radius 3 is 2.67 bits per heavy atom. The maximum atomic E-state index is 12.2. The van der Waals surface area contributed by atoms with Gasteiger partial charge in [-0.05, 0) is 48.9 Å². The number of benzene rings is 1. The molecule has 0 saturated carbocycles. The smallest absolute Gasteiger partial charge is 0.240 e. The van der Waals surface area contributed by atoms with Gasteiger partial charge in [-0.1, -0.05) is 12.1 Å². The molecule has 0 aliphatic rings. The number of aliphatic hydroxyl groups is 1. The van der Waals surface area contributed by atoms with E-state index in [0.717, 1.165) is 5.56 Å². The van der Waals surface area contributed by atoms with Crippen molar-refractivity contribution in [3.8, 4) is 11.5 Å². The van der Waals surface area contributed by atoms with E-state index < -0.39 is 16.1 Å². The fourth-order valence-electron chi connectivity index (χ4n) is 2.24. The number of nitrogens with one attached hydrogen (secondary N) is 1. The average molecular weight is 347 g/mol. The first-order valence-corrected chi connectivity index (χ1v) is 8.82. The summed E-state index contributed by atoms with van der Waals surface area (Å²) < 4.78 is 37.6. The molecule has 0 aliphatic heterocycles. The van der Waals surface area contributed by atoms with E-state index in [4.69, 9.17) is 8.83 Å². The molecule has 126 valence electrons. The van der Waals surface area contributed by atoms with E-state index in [-0.39, 0.29) is 17.2 Å². The zero-order valence-electron chi connectivity index (χ0n) is 13.0. The largest absolute Gasteiger partial charge is 0.461 e. The summed E-state index contributed by atoms with van der Waals surface area (Å²) in [6, 6.07) is 13.3. The number of sulfonamides is 1. The molecule has 3 rings (SSSR count). The Balaban J connectivity index is 1.68. The van der Waals surface area contributed by atoms with Crippen molar-refractivity contribution in [1.29, 1.82) is 0 Å². The lowest BCUT2D eigenvalue weighted by Gasteiger charge is -2.10. The Kier molecular flexibility index (Phi) is 4.57. The fourth-order valence-corrected chi connectivity index (χ4v) is 3.38. The molecule has 2 N–H and O–H groups in total. The van der Waals surface area contributed by atoms with Gasteiger partial charge < -0.3 is 13.9 Å². The molecule has 0 aliphatic carbocycles. The van der Waals surface area contributed by atoms with Crippen molar-refractivity contribution in [2.75, 3.05) is 6.54 Å². The Morgan fingerprint density at radius 1 is 1.12 bits per heavy atom. The van der Waals surface area contributed by atoms with Gasteiger partial charge in [0.1, 0.15) is 11.9 Å². The molecule has 24 heavy (non-hydrogen) atoms. The molecule has 1 aromatic carbocycles. The zero-order chi connectivity index (χ0) is 17.2. The van der Waals surface area contributed by atoms with Crippen molar-refractivity contribution in [1.82, 2.24) is 4.72 Å². The van der Waals surface area contributed by atoms with Crippen LogP contribution in [0.3, 0.4) is 0 Å². The maximum absolute atomic E-state index is 12.2. The molecule has 1 unspecified atom stereocenters. The lowest BCUT2D eigenvalue weighted by Crippen LogP contribution is -2.28. The topological polar surface area (TPSA) is 92.7 Å². The Hall–Kier alpha value is -2.35. The minimum Gasteiger partial charge on any atom is -0.461 e. The minimum atomic E-state index is -3.69. The van der Waals surface area contributed by atoms with E-state index in [1.54, 1.807) is 36.4 Å². The second-order valence-electron chi connectivity index (χ2n) is 5.36. The molecule has 3 aromatic rings. The van der Waals surface area contributed by atoms with E-state index >= 15 is 0 Å². The average Bonchev–Trinajstić information content (AvgIpc) is 3.23. The number of hydrogen-bond donors (Lipinski definition) is 2. The Bertz CT molecular complexity index is 912. The van der Waals surface area contributed by atoms with Crippen LogP contribution < -0.4 is 4.72 Å². The molecule has 0 radical (unpaired) electrons. The SMILES string of the molecule is Cc1cccc(S(=O)(=O)NCC(O)c2ccc(-c3ccco3)o2)c1. The minimum absolute atomic E-state index is 0.158. The highest BCUT2D eigenvalue weighted by atomic mass is 32.2. The summed E-state index contributed by atoms with van der Waals surface area (Å²) in [7, 11) is -3.69. The van der Waals surface area contributed by atoms with Gasteiger partial charge >= 0.3 is 0 Å². The summed E-state index contributed by atoms with van der Waals surface area (Å²) in [4.78, 5) is 0.158. The van der Waals surface area contributed by atoms with Crippen molar-refractivity contribution >= 4 is 10.0 Å². The van der Waals surface area contributed by atoms with Crippen molar-refractivity contribution in [2.45, 2.75) is 17.9 Å². The Labute approximate surface area is 139 Å². The van der Waals surface area contributed by atoms with Crippen molar-refractivity contribution in [3.63, 3.8) is 0 Å². The predicted octanol–water partition coefficient (Wildman–Crippen LogP) is 2.86. The van der Waals surface area contributed by atoms with Gasteiger partial charge in [-0.3, -0.25) is 0 Å². The Morgan fingerprint density at radius 2 is 1.96 bits per heavy atom. The molecule has 1 atom stereocenters. The second kappa shape index (κ2) is 6.64. The first-order valence-electron chi connectivity index (χ1n) is 7.34. The van der Waals surface area contributed by atoms with E-state index in [0.29, 0.717) is 11.5 Å². The van der Waals surface area contributed by atoms with Crippen LogP contribution in [0.15, 0.2) is 68.5 Å². The third-order valence-corrected chi connectivity index (χ3v) is 4.91. The molecule has 0 amide bonds. The predicted molar refractivity (Wildman–Crippen MR) is 87.7 cm³/mol. The van der Waals surface area contributed by atoms with Gasteiger partial charge in [-0.25, -0.2) is 13.1 Å². The number of hydrogen-bond acceptors (Lipinski definition) is 5. The quantitative estimate of drug-likeness (QED) is 0.715. The number of rotatable bonds is 6. The molecule has 6 nitrogen and oxygen atoms in total. The first kappa shape index (κ1) is 16.5. The van der Waals surface area contributed by atoms with Crippen LogP contribution in [0.1, 0.15) is 17.4 Å². The normalized spacial score (nSPS) is 13.1. The molecule has 2 aromatic heterocycles. The number of aliphatic hydroxyl groups excluding tert-OH is 1. The lowest BCUT2D eigenvalue weighted by atomic mass is 10.2. The standard InChI is InChI=1S/C17H17NO5S/c1-12-4-2-5-13(10-12)24(20,21)18-11-14(19)15-7-8-17(23-15)16-6-3-9-22-16/h2-10,14,18-19H,11H2,1H3. The van der Waals surface area contributed by atoms with Crippen molar-refractivity contribution in [2.24, 2.45) is 0 Å². The van der Waals surface area contributed by atoms with Gasteiger partial charge in [-0.2, -0.15) is 0 Å². The summed E-state index contributed by atoms with van der Waals surface area (Å²) in [5.74, 6) is 1.26. The van der Waals surface area contributed by atoms with E-state index in [2.05, 4.69) is 4.72 Å². The van der Waals surface area contributed by atoms with Gasteiger partial charge in [0, 0.05) is 6.54 Å². The van der Waals surface area contributed by atoms with Gasteiger partial charge in [0.15, 0.2) is 11.5 Å². The van der Waals surface area contributed by atoms with Crippen LogP contribution in [0.4, 0.5) is 0 Å². The highest BCUT2D eigenvalue weighted by molar-refractivity contribution is 7.89. The molecule has 0 fully saturated rings. The van der Waals surface area contributed by atoms with Gasteiger partial charge in [-0.15, -0.1) is 0 Å². The molecule has 0 spiro atoms. The summed E-state index contributed by atoms with van der Waals surface area (Å²) in [5.41, 5.74) is 0.840. The third kappa shape index (κ3) is 3.59. The van der Waals surface area contributed by atoms with E-state index in [9.17, 15) is 13.5 Å². The zero-order valence-corrected chi connectivity index (χ0v) is 13.8. The van der Waals surface area contributed by atoms with Gasteiger partial charge in [0.05, 0.1) is 11.2 Å². The van der Waals surface area contributed by atoms with Crippen LogP contribution in [-0.4, -0.2) is 20.1 Å². The van der Waals surface area contributed by atoms with E-state index in [1.165, 1.54) is 12.3 Å². The first-order chi connectivity index (χ1) is 11.5. The van der Waals surface area contributed by atoms with Crippen molar-refractivity contribution < 1.29 is 22.4 Å². The van der Waals surface area contributed by atoms with Crippen LogP contribution in [-0.2, 0) is 10.0 Å². The van der Waals surface area contributed by atoms with Crippen LogP contribution in [0.5, 0.6) is 0 Å². The van der Waals surface area contributed by atoms with E-state index in [1.807, 2.05) is 13.0 Å². The van der Waals surface area contributed by atoms with Crippen LogP contribution in [0.25, 0.3) is 11.5 Å². The summed E-state index contributed by atoms with van der Waals surface area (Å²) >= 11 is 0. The number of aryl methyl sites for hydroxylation is 1. The highest BCUT2D eigenvalue weighted by Gasteiger charge is 2.19. The van der Waals surface area contributed by atoms with Crippen LogP contribution in [0, 0.1) is 6.92 Å². The highest BCUT2D eigenvalue weighted by Crippen LogP contribution is 2.25. The third-order valence-electron chi connectivity index (χ3n) is 3.49. The lowest BCUT2D eigenvalue weighted by molar-refractivity contribution is 0.154. The summed E-state index contributed by atoms with van der Waals surface area (Å²) in [6.07, 6.45) is 0.414. The molecular weight excluding hydrogens is 330 g/mol. The molecule has 7 heteroatoms. The van der Waals surface area contributed by atoms with Crippen LogP contribution >= 0.6 is 0 Å². The summed E-state index contributed by atoms with van der Waals surface area (Å²) in [6.45, 7) is 1.62. The number of furan rings is 2. The second-order valence-corrected chi connectivity index (χ2v) is 7.13. The molecule has 0 bridgehead atoms. The molecule has 0 saturated heterocycles. The van der Waals surface area contributed by atoms with Gasteiger partial charge in [0.2, 0.25) is 10.0 Å². The van der Waals surface area contributed by atoms with Gasteiger partial charge in [0.25, 0.3) is 0 Å². The summed E-state index contributed by atoms with van der Waals surface area (Å²) in [5, 5.41) is 10.1. The monoisotopic (exact) mass is 347 g/mol. The van der Waals surface area contributed by atoms with Crippen LogP contribution in [0.2, 0.25) is 0 Å². The fraction of sp³-hybridized carbons (Fsp3) is 0.176. The van der Waals surface area contributed by atoms with Crippen molar-refractivity contribution in [3.05, 3.63) is 66.1 Å². The maximum Gasteiger partial charge on any atom is 0.240 e.